The van der Waals surface area contributed by atoms with Crippen LogP contribution in [0.25, 0.3) is 17.1 Å². The zero-order chi connectivity index (χ0) is 21.6. The first-order chi connectivity index (χ1) is 15.8. The highest BCUT2D eigenvalue weighted by atomic mass is 15.3. The van der Waals surface area contributed by atoms with Crippen molar-refractivity contribution in [3.63, 3.8) is 0 Å². The summed E-state index contributed by atoms with van der Waals surface area (Å²) in [6.07, 6.45) is 10.7. The van der Waals surface area contributed by atoms with Crippen LogP contribution in [0.3, 0.4) is 0 Å². The number of benzene rings is 1. The molecule has 0 saturated heterocycles. The fraction of sp³-hybridized carbons (Fsp3) is 0.125. The molecule has 0 aliphatic heterocycles. The van der Waals surface area contributed by atoms with E-state index in [0.29, 0.717) is 13.1 Å². The molecule has 0 unspecified atom stereocenters. The van der Waals surface area contributed by atoms with Crippen LogP contribution < -0.4 is 5.32 Å². The highest BCUT2D eigenvalue weighted by Crippen LogP contribution is 2.22. The van der Waals surface area contributed by atoms with Gasteiger partial charge in [0, 0.05) is 49.0 Å². The lowest BCUT2D eigenvalue weighted by Gasteiger charge is -2.06. The minimum atomic E-state index is 0.684. The zero-order valence-electron chi connectivity index (χ0n) is 17.4. The Kier molecular flexibility index (Phi) is 5.76. The molecule has 0 saturated carbocycles. The predicted molar refractivity (Wildman–Crippen MR) is 121 cm³/mol. The van der Waals surface area contributed by atoms with Gasteiger partial charge in [0.25, 0.3) is 0 Å². The average Bonchev–Trinajstić information content (AvgIpc) is 3.52. The second-order valence-corrected chi connectivity index (χ2v) is 7.40. The van der Waals surface area contributed by atoms with Crippen molar-refractivity contribution in [2.75, 3.05) is 0 Å². The Hall–Kier alpha value is -4.17. The van der Waals surface area contributed by atoms with Gasteiger partial charge in [0.1, 0.15) is 12.7 Å². The molecule has 0 atom stereocenters. The molecule has 1 N–H and O–H groups in total. The second-order valence-electron chi connectivity index (χ2n) is 7.40. The van der Waals surface area contributed by atoms with Crippen molar-refractivity contribution < 1.29 is 0 Å². The first kappa shape index (κ1) is 19.8. The first-order valence-corrected chi connectivity index (χ1v) is 10.4. The molecule has 0 aliphatic carbocycles. The Balaban J connectivity index is 1.30. The SMILES string of the molecule is c1ccc(Cn2cc(CNCc3ccc(-n4cncn4)nc3)c(-c3cccnc3)n2)cc1. The fourth-order valence-corrected chi connectivity index (χ4v) is 3.51. The third-order valence-electron chi connectivity index (χ3n) is 5.07. The normalized spacial score (nSPS) is 11.0. The van der Waals surface area contributed by atoms with Crippen LogP contribution in [0.5, 0.6) is 0 Å². The van der Waals surface area contributed by atoms with Gasteiger partial charge >= 0.3 is 0 Å². The third-order valence-corrected chi connectivity index (χ3v) is 5.07. The van der Waals surface area contributed by atoms with E-state index >= 15 is 0 Å². The molecular weight excluding hydrogens is 400 g/mol. The van der Waals surface area contributed by atoms with Crippen LogP contribution in [0.2, 0.25) is 0 Å². The molecule has 0 radical (unpaired) electrons. The molecule has 0 aliphatic rings. The number of pyridine rings is 2. The van der Waals surface area contributed by atoms with Gasteiger partial charge in [-0.3, -0.25) is 9.67 Å². The van der Waals surface area contributed by atoms with Gasteiger partial charge in [-0.2, -0.15) is 10.2 Å². The van der Waals surface area contributed by atoms with E-state index in [4.69, 9.17) is 5.10 Å². The standard InChI is InChI=1S/C24H22N8/c1-2-5-19(6-3-1)15-31-16-22(24(30-31)21-7-4-10-25-13-21)14-26-11-20-8-9-23(28-12-20)32-18-27-17-29-32/h1-10,12-13,16-18,26H,11,14-15H2. The Bertz CT molecular complexity index is 1250. The summed E-state index contributed by atoms with van der Waals surface area (Å²) in [6, 6.07) is 18.3. The Morgan fingerprint density at radius 2 is 1.78 bits per heavy atom. The van der Waals surface area contributed by atoms with E-state index in [-0.39, 0.29) is 0 Å². The van der Waals surface area contributed by atoms with Crippen LogP contribution >= 0.6 is 0 Å². The Morgan fingerprint density at radius 3 is 2.53 bits per heavy atom. The lowest BCUT2D eigenvalue weighted by atomic mass is 10.1. The van der Waals surface area contributed by atoms with Crippen LogP contribution in [0.15, 0.2) is 92.0 Å². The molecule has 0 fully saturated rings. The summed E-state index contributed by atoms with van der Waals surface area (Å²) in [5, 5.41) is 12.5. The lowest BCUT2D eigenvalue weighted by Crippen LogP contribution is -2.13. The summed E-state index contributed by atoms with van der Waals surface area (Å²) in [5.74, 6) is 0.743. The molecule has 1 aromatic carbocycles. The Morgan fingerprint density at radius 1 is 0.844 bits per heavy atom. The quantitative estimate of drug-likeness (QED) is 0.413. The molecule has 0 spiro atoms. The molecular formula is C24H22N8. The molecule has 8 nitrogen and oxygen atoms in total. The van der Waals surface area contributed by atoms with Gasteiger partial charge in [0.05, 0.1) is 12.2 Å². The van der Waals surface area contributed by atoms with E-state index in [2.05, 4.69) is 43.7 Å². The molecule has 158 valence electrons. The fourth-order valence-electron chi connectivity index (χ4n) is 3.51. The van der Waals surface area contributed by atoms with E-state index in [1.807, 2.05) is 59.5 Å². The molecule has 5 rings (SSSR count). The van der Waals surface area contributed by atoms with Crippen molar-refractivity contribution >= 4 is 0 Å². The summed E-state index contributed by atoms with van der Waals surface area (Å²) in [6.45, 7) is 2.10. The molecule has 4 aromatic heterocycles. The van der Waals surface area contributed by atoms with E-state index in [1.54, 1.807) is 17.2 Å². The molecule has 32 heavy (non-hydrogen) atoms. The highest BCUT2D eigenvalue weighted by Gasteiger charge is 2.12. The van der Waals surface area contributed by atoms with E-state index in [9.17, 15) is 0 Å². The number of nitrogens with one attached hydrogen (secondary N) is 1. The molecule has 0 bridgehead atoms. The summed E-state index contributed by atoms with van der Waals surface area (Å²) < 4.78 is 3.63. The first-order valence-electron chi connectivity index (χ1n) is 10.4. The second kappa shape index (κ2) is 9.32. The van der Waals surface area contributed by atoms with Crippen molar-refractivity contribution in [3.05, 3.63) is 109 Å². The number of rotatable bonds is 8. The molecule has 4 heterocycles. The van der Waals surface area contributed by atoms with Crippen molar-refractivity contribution in [1.29, 1.82) is 0 Å². The summed E-state index contributed by atoms with van der Waals surface area (Å²) in [7, 11) is 0. The van der Waals surface area contributed by atoms with E-state index in [1.165, 1.54) is 11.9 Å². The van der Waals surface area contributed by atoms with E-state index in [0.717, 1.165) is 34.7 Å². The number of aromatic nitrogens is 7. The Labute approximate surface area is 185 Å². The summed E-state index contributed by atoms with van der Waals surface area (Å²) >= 11 is 0. The van der Waals surface area contributed by atoms with Gasteiger partial charge in [-0.15, -0.1) is 0 Å². The maximum Gasteiger partial charge on any atom is 0.155 e. The number of hydrogen-bond donors (Lipinski definition) is 1. The topological polar surface area (TPSA) is 86.3 Å². The van der Waals surface area contributed by atoms with Crippen LogP contribution in [0.1, 0.15) is 16.7 Å². The van der Waals surface area contributed by atoms with Crippen LogP contribution in [-0.4, -0.2) is 34.5 Å². The smallest absolute Gasteiger partial charge is 0.155 e. The van der Waals surface area contributed by atoms with Crippen molar-refractivity contribution in [2.45, 2.75) is 19.6 Å². The van der Waals surface area contributed by atoms with Crippen molar-refractivity contribution in [2.24, 2.45) is 0 Å². The third kappa shape index (κ3) is 4.60. The summed E-state index contributed by atoms with van der Waals surface area (Å²) in [4.78, 5) is 12.7. The molecule has 8 heteroatoms. The van der Waals surface area contributed by atoms with Gasteiger partial charge in [-0.1, -0.05) is 36.4 Å². The molecule has 0 amide bonds. The van der Waals surface area contributed by atoms with Crippen molar-refractivity contribution in [1.82, 2.24) is 39.8 Å². The highest BCUT2D eigenvalue weighted by molar-refractivity contribution is 5.61. The summed E-state index contributed by atoms with van der Waals surface area (Å²) in [5.41, 5.74) is 5.39. The van der Waals surface area contributed by atoms with Gasteiger partial charge in [0.15, 0.2) is 5.82 Å². The van der Waals surface area contributed by atoms with E-state index < -0.39 is 0 Å². The average molecular weight is 422 g/mol. The maximum atomic E-state index is 4.85. The van der Waals surface area contributed by atoms with Crippen LogP contribution in [0, 0.1) is 0 Å². The van der Waals surface area contributed by atoms with Gasteiger partial charge < -0.3 is 5.32 Å². The molecule has 5 aromatic rings. The van der Waals surface area contributed by atoms with Crippen molar-refractivity contribution in [3.8, 4) is 17.1 Å². The zero-order valence-corrected chi connectivity index (χ0v) is 17.4. The van der Waals surface area contributed by atoms with Crippen LogP contribution in [-0.2, 0) is 19.6 Å². The minimum absolute atomic E-state index is 0.684. The minimum Gasteiger partial charge on any atom is -0.308 e. The number of nitrogens with zero attached hydrogens (tertiary/aromatic N) is 7. The largest absolute Gasteiger partial charge is 0.308 e. The van der Waals surface area contributed by atoms with Gasteiger partial charge in [0.2, 0.25) is 0 Å². The lowest BCUT2D eigenvalue weighted by molar-refractivity contribution is 0.676. The maximum absolute atomic E-state index is 4.85. The predicted octanol–water partition coefficient (Wildman–Crippen LogP) is 3.26. The van der Waals surface area contributed by atoms with Gasteiger partial charge in [-0.05, 0) is 29.3 Å². The monoisotopic (exact) mass is 422 g/mol. The van der Waals surface area contributed by atoms with Gasteiger partial charge in [-0.25, -0.2) is 14.6 Å². The number of hydrogen-bond acceptors (Lipinski definition) is 6. The van der Waals surface area contributed by atoms with Crippen LogP contribution in [0.4, 0.5) is 0 Å².